The zero-order valence-electron chi connectivity index (χ0n) is 8.06. The molecule has 0 aliphatic rings. The fourth-order valence-electron chi connectivity index (χ4n) is 1.31. The maximum atomic E-state index is 13.6. The number of aromatic nitrogens is 1. The molecule has 14 heavy (non-hydrogen) atoms. The smallest absolute Gasteiger partial charge is 0.149 e. The Balaban J connectivity index is 3.50. The third-order valence-corrected chi connectivity index (χ3v) is 2.33. The lowest BCUT2D eigenvalue weighted by Gasteiger charge is -2.07. The van der Waals surface area contributed by atoms with Crippen LogP contribution in [0.3, 0.4) is 0 Å². The molecule has 0 amide bonds. The van der Waals surface area contributed by atoms with E-state index in [0.29, 0.717) is 24.1 Å². The van der Waals surface area contributed by atoms with Gasteiger partial charge in [-0.15, -0.1) is 0 Å². The molecule has 0 fully saturated rings. The Hall–Kier alpha value is -1.14. The van der Waals surface area contributed by atoms with Gasteiger partial charge in [0.2, 0.25) is 0 Å². The van der Waals surface area contributed by atoms with Gasteiger partial charge in [0.25, 0.3) is 0 Å². The summed E-state index contributed by atoms with van der Waals surface area (Å²) in [5, 5.41) is 8.88. The Morgan fingerprint density at radius 3 is 2.50 bits per heavy atom. The Bertz CT molecular complexity index is 395. The number of nitriles is 1. The highest BCUT2D eigenvalue weighted by atomic mass is 35.5. The van der Waals surface area contributed by atoms with E-state index in [1.54, 1.807) is 13.8 Å². The van der Waals surface area contributed by atoms with Crippen molar-refractivity contribution in [2.24, 2.45) is 0 Å². The third kappa shape index (κ3) is 1.71. The Morgan fingerprint density at radius 1 is 1.43 bits per heavy atom. The molecule has 74 valence electrons. The van der Waals surface area contributed by atoms with Gasteiger partial charge in [-0.2, -0.15) is 5.26 Å². The van der Waals surface area contributed by atoms with Crippen LogP contribution in [-0.2, 0) is 12.8 Å². The van der Waals surface area contributed by atoms with Crippen LogP contribution in [0.4, 0.5) is 4.39 Å². The second kappa shape index (κ2) is 4.39. The van der Waals surface area contributed by atoms with E-state index in [2.05, 4.69) is 4.98 Å². The first-order valence-corrected chi connectivity index (χ1v) is 4.80. The van der Waals surface area contributed by atoms with Gasteiger partial charge in [-0.25, -0.2) is 9.37 Å². The average Bonchev–Trinajstić information content (AvgIpc) is 2.20. The minimum atomic E-state index is -0.393. The maximum absolute atomic E-state index is 13.6. The topological polar surface area (TPSA) is 36.7 Å². The maximum Gasteiger partial charge on any atom is 0.149 e. The zero-order valence-corrected chi connectivity index (χ0v) is 8.82. The van der Waals surface area contributed by atoms with Crippen LogP contribution in [0.25, 0.3) is 0 Å². The first-order chi connectivity index (χ1) is 6.65. The Kier molecular flexibility index (Phi) is 3.43. The van der Waals surface area contributed by atoms with Crippen molar-refractivity contribution in [1.82, 2.24) is 4.98 Å². The number of nitrogens with zero attached hydrogens (tertiary/aromatic N) is 2. The summed E-state index contributed by atoms with van der Waals surface area (Å²) in [5.41, 5.74) is 0.846. The summed E-state index contributed by atoms with van der Waals surface area (Å²) in [6.07, 6.45) is 0.925. The summed E-state index contributed by atoms with van der Waals surface area (Å²) >= 11 is 5.76. The van der Waals surface area contributed by atoms with Gasteiger partial charge in [0.15, 0.2) is 0 Å². The molecule has 2 nitrogen and oxygen atoms in total. The van der Waals surface area contributed by atoms with E-state index < -0.39 is 5.82 Å². The normalized spacial score (nSPS) is 9.93. The molecule has 0 aromatic carbocycles. The summed E-state index contributed by atoms with van der Waals surface area (Å²) < 4.78 is 13.6. The summed E-state index contributed by atoms with van der Waals surface area (Å²) in [6.45, 7) is 3.59. The summed E-state index contributed by atoms with van der Waals surface area (Å²) in [6, 6.07) is 1.87. The largest absolute Gasteiger partial charge is 0.237 e. The number of halogens is 2. The number of aryl methyl sites for hydroxylation is 1. The van der Waals surface area contributed by atoms with E-state index in [4.69, 9.17) is 16.9 Å². The van der Waals surface area contributed by atoms with Crippen LogP contribution in [0.2, 0.25) is 5.15 Å². The van der Waals surface area contributed by atoms with Crippen LogP contribution in [0, 0.1) is 17.1 Å². The molecule has 0 aliphatic carbocycles. The molecule has 0 saturated heterocycles. The quantitative estimate of drug-likeness (QED) is 0.707. The van der Waals surface area contributed by atoms with Crippen molar-refractivity contribution in [3.8, 4) is 6.07 Å². The van der Waals surface area contributed by atoms with Crippen molar-refractivity contribution in [3.63, 3.8) is 0 Å². The highest BCUT2D eigenvalue weighted by Crippen LogP contribution is 2.23. The van der Waals surface area contributed by atoms with Crippen LogP contribution in [-0.4, -0.2) is 4.98 Å². The number of rotatable bonds is 2. The predicted molar refractivity (Wildman–Crippen MR) is 52.7 cm³/mol. The summed E-state index contributed by atoms with van der Waals surface area (Å²) in [4.78, 5) is 3.84. The average molecular weight is 213 g/mol. The molecule has 4 heteroatoms. The number of hydrogen-bond donors (Lipinski definition) is 0. The molecule has 0 N–H and O–H groups in total. The van der Waals surface area contributed by atoms with Gasteiger partial charge in [0.1, 0.15) is 17.0 Å². The second-order valence-electron chi connectivity index (χ2n) is 2.84. The van der Waals surface area contributed by atoms with Crippen molar-refractivity contribution in [2.45, 2.75) is 26.7 Å². The van der Waals surface area contributed by atoms with Crippen molar-refractivity contribution < 1.29 is 4.39 Å². The van der Waals surface area contributed by atoms with Gasteiger partial charge in [-0.05, 0) is 12.8 Å². The SMILES string of the molecule is CCc1nc(Cl)c(C#N)c(CC)c1F. The molecule has 1 aromatic heterocycles. The standard InChI is InChI=1S/C10H10ClFN2/c1-3-6-7(5-13)10(11)14-8(4-2)9(6)12/h3-4H2,1-2H3. The molecule has 1 heterocycles. The molecule has 0 aliphatic heterocycles. The van der Waals surface area contributed by atoms with E-state index in [1.165, 1.54) is 0 Å². The zero-order chi connectivity index (χ0) is 10.7. The molecule has 0 saturated carbocycles. The van der Waals surface area contributed by atoms with E-state index >= 15 is 0 Å². The minimum Gasteiger partial charge on any atom is -0.237 e. The summed E-state index contributed by atoms with van der Waals surface area (Å²) in [7, 11) is 0. The van der Waals surface area contributed by atoms with Gasteiger partial charge < -0.3 is 0 Å². The molecule has 1 aromatic rings. The van der Waals surface area contributed by atoms with Gasteiger partial charge >= 0.3 is 0 Å². The molecule has 0 bridgehead atoms. The van der Waals surface area contributed by atoms with Crippen LogP contribution in [0.15, 0.2) is 0 Å². The lowest BCUT2D eigenvalue weighted by Crippen LogP contribution is -2.03. The predicted octanol–water partition coefficient (Wildman–Crippen LogP) is 2.87. The van der Waals surface area contributed by atoms with Crippen molar-refractivity contribution in [1.29, 1.82) is 5.26 Å². The van der Waals surface area contributed by atoms with Gasteiger partial charge in [-0.3, -0.25) is 0 Å². The number of pyridine rings is 1. The third-order valence-electron chi connectivity index (χ3n) is 2.06. The molecule has 0 spiro atoms. The number of hydrogen-bond acceptors (Lipinski definition) is 2. The molecule has 0 unspecified atom stereocenters. The van der Waals surface area contributed by atoms with Crippen LogP contribution >= 0.6 is 11.6 Å². The first kappa shape index (κ1) is 10.9. The Labute approximate surface area is 87.3 Å². The fourth-order valence-corrected chi connectivity index (χ4v) is 1.57. The molecular formula is C10H10ClFN2. The second-order valence-corrected chi connectivity index (χ2v) is 3.19. The van der Waals surface area contributed by atoms with Gasteiger partial charge in [-0.1, -0.05) is 25.4 Å². The van der Waals surface area contributed by atoms with Crippen LogP contribution in [0.5, 0.6) is 0 Å². The van der Waals surface area contributed by atoms with Crippen LogP contribution < -0.4 is 0 Å². The van der Waals surface area contributed by atoms with Crippen molar-refractivity contribution in [2.75, 3.05) is 0 Å². The van der Waals surface area contributed by atoms with E-state index in [1.807, 2.05) is 6.07 Å². The molecule has 1 rings (SSSR count). The highest BCUT2D eigenvalue weighted by molar-refractivity contribution is 6.30. The highest BCUT2D eigenvalue weighted by Gasteiger charge is 2.16. The molecule has 0 radical (unpaired) electrons. The molecule has 0 atom stereocenters. The van der Waals surface area contributed by atoms with Gasteiger partial charge in [0.05, 0.1) is 11.3 Å². The van der Waals surface area contributed by atoms with Crippen LogP contribution in [0.1, 0.15) is 30.7 Å². The van der Waals surface area contributed by atoms with E-state index in [0.717, 1.165) is 0 Å². The lowest BCUT2D eigenvalue weighted by atomic mass is 10.1. The van der Waals surface area contributed by atoms with E-state index in [-0.39, 0.29) is 10.7 Å². The lowest BCUT2D eigenvalue weighted by molar-refractivity contribution is 0.586. The van der Waals surface area contributed by atoms with Crippen molar-refractivity contribution in [3.05, 3.63) is 27.8 Å². The molecular weight excluding hydrogens is 203 g/mol. The van der Waals surface area contributed by atoms with E-state index in [9.17, 15) is 4.39 Å². The monoisotopic (exact) mass is 212 g/mol. The fraction of sp³-hybridized carbons (Fsp3) is 0.400. The minimum absolute atomic E-state index is 0.0996. The van der Waals surface area contributed by atoms with Gasteiger partial charge in [0, 0.05) is 5.56 Å². The summed E-state index contributed by atoms with van der Waals surface area (Å²) in [5.74, 6) is -0.393. The first-order valence-electron chi connectivity index (χ1n) is 4.42. The van der Waals surface area contributed by atoms with Crippen molar-refractivity contribution >= 4 is 11.6 Å². The Morgan fingerprint density at radius 2 is 2.07 bits per heavy atom.